The molecule has 1 aromatic rings. The summed E-state index contributed by atoms with van der Waals surface area (Å²) in [5, 5.41) is 3.35. The summed E-state index contributed by atoms with van der Waals surface area (Å²) in [5.41, 5.74) is 2.58. The lowest BCUT2D eigenvalue weighted by atomic mass is 10.1. The van der Waals surface area contributed by atoms with Crippen LogP contribution < -0.4 is 10.2 Å². The molecule has 0 saturated carbocycles. The Kier molecular flexibility index (Phi) is 5.25. The second kappa shape index (κ2) is 6.73. The van der Waals surface area contributed by atoms with E-state index in [0.717, 1.165) is 26.2 Å². The predicted molar refractivity (Wildman–Crippen MR) is 83.7 cm³/mol. The number of nitrogens with zero attached hydrogens (tertiary/aromatic N) is 1. The molecular formula is C15H23BrN2O. The van der Waals surface area contributed by atoms with Crippen molar-refractivity contribution in [2.24, 2.45) is 0 Å². The van der Waals surface area contributed by atoms with E-state index in [4.69, 9.17) is 4.74 Å². The van der Waals surface area contributed by atoms with Gasteiger partial charge in [0.05, 0.1) is 12.2 Å². The highest BCUT2D eigenvalue weighted by Crippen LogP contribution is 2.26. The van der Waals surface area contributed by atoms with Gasteiger partial charge in [-0.05, 0) is 38.1 Å². The fourth-order valence-corrected chi connectivity index (χ4v) is 3.03. The van der Waals surface area contributed by atoms with Crippen LogP contribution in [-0.4, -0.2) is 31.8 Å². The lowest BCUT2D eigenvalue weighted by Crippen LogP contribution is -2.45. The van der Waals surface area contributed by atoms with Gasteiger partial charge in [-0.3, -0.25) is 0 Å². The van der Waals surface area contributed by atoms with Crippen molar-refractivity contribution in [2.75, 3.05) is 24.5 Å². The van der Waals surface area contributed by atoms with Gasteiger partial charge in [-0.2, -0.15) is 0 Å². The van der Waals surface area contributed by atoms with E-state index in [-0.39, 0.29) is 0 Å². The van der Waals surface area contributed by atoms with Crippen LogP contribution in [0.4, 0.5) is 5.69 Å². The Morgan fingerprint density at radius 1 is 1.32 bits per heavy atom. The first kappa shape index (κ1) is 14.8. The first-order chi connectivity index (χ1) is 9.10. The second-order valence-electron chi connectivity index (χ2n) is 5.22. The van der Waals surface area contributed by atoms with Crippen molar-refractivity contribution >= 4 is 21.6 Å². The molecule has 0 aromatic heterocycles. The van der Waals surface area contributed by atoms with Gasteiger partial charge in [0.15, 0.2) is 0 Å². The van der Waals surface area contributed by atoms with Gasteiger partial charge in [0, 0.05) is 29.8 Å². The van der Waals surface area contributed by atoms with E-state index < -0.39 is 0 Å². The summed E-state index contributed by atoms with van der Waals surface area (Å²) in [7, 11) is 0. The summed E-state index contributed by atoms with van der Waals surface area (Å²) in [4.78, 5) is 2.40. The van der Waals surface area contributed by atoms with E-state index in [9.17, 15) is 0 Å². The van der Waals surface area contributed by atoms with Gasteiger partial charge in [0.25, 0.3) is 0 Å². The van der Waals surface area contributed by atoms with Crippen molar-refractivity contribution in [3.05, 3.63) is 28.2 Å². The third-order valence-corrected chi connectivity index (χ3v) is 4.13. The van der Waals surface area contributed by atoms with Crippen LogP contribution in [0.15, 0.2) is 22.7 Å². The van der Waals surface area contributed by atoms with Crippen molar-refractivity contribution in [3.8, 4) is 0 Å². The standard InChI is InChI=1S/C15H23BrN2O/c1-4-17-8-13-5-6-14(7-15(13)16)18-9-11(2)19-12(3)10-18/h5-7,11-12,17H,4,8-10H2,1-3H3. The molecule has 1 saturated heterocycles. The van der Waals surface area contributed by atoms with Crippen LogP contribution in [0.2, 0.25) is 0 Å². The van der Waals surface area contributed by atoms with E-state index in [0.29, 0.717) is 12.2 Å². The summed E-state index contributed by atoms with van der Waals surface area (Å²) >= 11 is 3.68. The molecule has 1 aromatic carbocycles. The Morgan fingerprint density at radius 2 is 2.00 bits per heavy atom. The lowest BCUT2D eigenvalue weighted by molar-refractivity contribution is -0.00521. The normalized spacial score (nSPS) is 23.7. The first-order valence-corrected chi connectivity index (χ1v) is 7.79. The maximum Gasteiger partial charge on any atom is 0.0726 e. The largest absolute Gasteiger partial charge is 0.372 e. The average Bonchev–Trinajstić information content (AvgIpc) is 2.36. The molecule has 0 amide bonds. The molecule has 1 N–H and O–H groups in total. The zero-order valence-corrected chi connectivity index (χ0v) is 13.5. The van der Waals surface area contributed by atoms with Gasteiger partial charge in [-0.1, -0.05) is 28.9 Å². The zero-order valence-electron chi connectivity index (χ0n) is 11.9. The summed E-state index contributed by atoms with van der Waals surface area (Å²) in [6.07, 6.45) is 0.591. The fourth-order valence-electron chi connectivity index (χ4n) is 2.52. The molecule has 3 nitrogen and oxygen atoms in total. The van der Waals surface area contributed by atoms with Gasteiger partial charge in [-0.25, -0.2) is 0 Å². The molecule has 1 aliphatic heterocycles. The molecule has 1 aliphatic rings. The van der Waals surface area contributed by atoms with E-state index in [1.165, 1.54) is 15.7 Å². The number of nitrogens with one attached hydrogen (secondary N) is 1. The summed E-state index contributed by atoms with van der Waals surface area (Å²) in [5.74, 6) is 0. The quantitative estimate of drug-likeness (QED) is 0.919. The van der Waals surface area contributed by atoms with E-state index in [2.05, 4.69) is 65.1 Å². The van der Waals surface area contributed by atoms with Crippen LogP contribution >= 0.6 is 15.9 Å². The molecule has 2 unspecified atom stereocenters. The van der Waals surface area contributed by atoms with E-state index >= 15 is 0 Å². The highest BCUT2D eigenvalue weighted by molar-refractivity contribution is 9.10. The molecule has 0 bridgehead atoms. The summed E-state index contributed by atoms with van der Waals surface area (Å²) in [6.45, 7) is 10.2. The van der Waals surface area contributed by atoms with Gasteiger partial charge in [-0.15, -0.1) is 0 Å². The molecule has 1 heterocycles. The molecule has 106 valence electrons. The van der Waals surface area contributed by atoms with Crippen LogP contribution in [-0.2, 0) is 11.3 Å². The van der Waals surface area contributed by atoms with Crippen LogP contribution in [0.5, 0.6) is 0 Å². The maximum atomic E-state index is 5.78. The smallest absolute Gasteiger partial charge is 0.0726 e. The average molecular weight is 327 g/mol. The maximum absolute atomic E-state index is 5.78. The minimum Gasteiger partial charge on any atom is -0.372 e. The van der Waals surface area contributed by atoms with Crippen LogP contribution in [0.25, 0.3) is 0 Å². The van der Waals surface area contributed by atoms with Crippen LogP contribution in [0.3, 0.4) is 0 Å². The van der Waals surface area contributed by atoms with Gasteiger partial charge in [0.1, 0.15) is 0 Å². The van der Waals surface area contributed by atoms with Crippen molar-refractivity contribution in [1.82, 2.24) is 5.32 Å². The predicted octanol–water partition coefficient (Wildman–Crippen LogP) is 3.17. The van der Waals surface area contributed by atoms with E-state index in [1.54, 1.807) is 0 Å². The van der Waals surface area contributed by atoms with E-state index in [1.807, 2.05) is 0 Å². The van der Waals surface area contributed by atoms with Crippen molar-refractivity contribution in [3.63, 3.8) is 0 Å². The number of morpholine rings is 1. The number of halogens is 1. The molecule has 0 spiro atoms. The molecule has 19 heavy (non-hydrogen) atoms. The minimum absolute atomic E-state index is 0.295. The summed E-state index contributed by atoms with van der Waals surface area (Å²) < 4.78 is 6.96. The topological polar surface area (TPSA) is 24.5 Å². The third-order valence-electron chi connectivity index (χ3n) is 3.39. The zero-order chi connectivity index (χ0) is 13.8. The number of hydrogen-bond donors (Lipinski definition) is 1. The van der Waals surface area contributed by atoms with Crippen molar-refractivity contribution in [2.45, 2.75) is 39.5 Å². The number of anilines is 1. The monoisotopic (exact) mass is 326 g/mol. The highest BCUT2D eigenvalue weighted by Gasteiger charge is 2.22. The second-order valence-corrected chi connectivity index (χ2v) is 6.07. The molecule has 4 heteroatoms. The third kappa shape index (κ3) is 3.94. The molecule has 0 radical (unpaired) electrons. The number of hydrogen-bond acceptors (Lipinski definition) is 3. The Balaban J connectivity index is 2.10. The molecule has 2 atom stereocenters. The molecule has 1 fully saturated rings. The molecular weight excluding hydrogens is 304 g/mol. The van der Waals surface area contributed by atoms with Crippen LogP contribution in [0, 0.1) is 0 Å². The van der Waals surface area contributed by atoms with Gasteiger partial charge >= 0.3 is 0 Å². The Labute approximate surface area is 124 Å². The number of ether oxygens (including phenoxy) is 1. The Bertz CT molecular complexity index is 415. The first-order valence-electron chi connectivity index (χ1n) is 6.99. The van der Waals surface area contributed by atoms with Crippen molar-refractivity contribution < 1.29 is 4.74 Å². The highest BCUT2D eigenvalue weighted by atomic mass is 79.9. The van der Waals surface area contributed by atoms with Crippen molar-refractivity contribution in [1.29, 1.82) is 0 Å². The minimum atomic E-state index is 0.295. The molecule has 0 aliphatic carbocycles. The fraction of sp³-hybridized carbons (Fsp3) is 0.600. The number of rotatable bonds is 4. The molecule has 2 rings (SSSR count). The van der Waals surface area contributed by atoms with Gasteiger partial charge in [0.2, 0.25) is 0 Å². The SMILES string of the molecule is CCNCc1ccc(N2CC(C)OC(C)C2)cc1Br. The van der Waals surface area contributed by atoms with Gasteiger partial charge < -0.3 is 15.0 Å². The Morgan fingerprint density at radius 3 is 2.58 bits per heavy atom. The number of benzene rings is 1. The van der Waals surface area contributed by atoms with Crippen LogP contribution in [0.1, 0.15) is 26.3 Å². The Hall–Kier alpha value is -0.580. The summed E-state index contributed by atoms with van der Waals surface area (Å²) in [6, 6.07) is 6.63. The lowest BCUT2D eigenvalue weighted by Gasteiger charge is -2.37.